The van der Waals surface area contributed by atoms with Gasteiger partial charge in [0, 0.05) is 31.9 Å². The number of halogens is 4. The van der Waals surface area contributed by atoms with Gasteiger partial charge in [0.15, 0.2) is 6.29 Å². The van der Waals surface area contributed by atoms with Gasteiger partial charge in [0.05, 0.1) is 12.2 Å². The maximum Gasteiger partial charge on any atom is 0.573 e. The van der Waals surface area contributed by atoms with E-state index in [4.69, 9.17) is 25.8 Å². The molecule has 0 saturated carbocycles. The number of anilines is 1. The highest BCUT2D eigenvalue weighted by Gasteiger charge is 2.32. The van der Waals surface area contributed by atoms with Crippen molar-refractivity contribution in [3.8, 4) is 11.5 Å². The number of hydrogen-bond donors (Lipinski definition) is 1. The van der Waals surface area contributed by atoms with Crippen LogP contribution in [0.4, 0.5) is 24.7 Å². The third-order valence-corrected chi connectivity index (χ3v) is 8.65. The van der Waals surface area contributed by atoms with E-state index in [2.05, 4.69) is 14.6 Å². The summed E-state index contributed by atoms with van der Waals surface area (Å²) in [6.45, 7) is 2.61. The molecule has 5 rings (SSSR count). The smallest absolute Gasteiger partial charge is 0.491 e. The predicted molar refractivity (Wildman–Crippen MR) is 167 cm³/mol. The summed E-state index contributed by atoms with van der Waals surface area (Å²) in [6.07, 6.45) is 0.672. The van der Waals surface area contributed by atoms with Gasteiger partial charge in [0.25, 0.3) is 0 Å². The minimum atomic E-state index is -4.75. The number of imidazole rings is 1. The number of aromatic nitrogens is 2. The van der Waals surface area contributed by atoms with Crippen molar-refractivity contribution < 1.29 is 42.1 Å². The van der Waals surface area contributed by atoms with Crippen LogP contribution >= 0.6 is 11.6 Å². The number of nitro groups is 1. The number of benzene rings is 2. The molecule has 0 spiro atoms. The average molecular weight is 683 g/mol. The summed E-state index contributed by atoms with van der Waals surface area (Å²) in [5, 5.41) is 21.2. The first kappa shape index (κ1) is 34.7. The third kappa shape index (κ3) is 10.4. The molecule has 0 aliphatic carbocycles. The van der Waals surface area contributed by atoms with Crippen molar-refractivity contribution >= 4 is 23.1 Å². The van der Waals surface area contributed by atoms with Gasteiger partial charge in [-0.1, -0.05) is 12.1 Å². The molecule has 15 heteroatoms. The Kier molecular flexibility index (Phi) is 11.8. The van der Waals surface area contributed by atoms with Crippen molar-refractivity contribution in [2.75, 3.05) is 31.2 Å². The van der Waals surface area contributed by atoms with Crippen molar-refractivity contribution in [1.82, 2.24) is 9.55 Å². The molecule has 0 radical (unpaired) electrons. The Morgan fingerprint density at radius 3 is 2.38 bits per heavy atom. The van der Waals surface area contributed by atoms with Crippen LogP contribution < -0.4 is 14.4 Å². The first-order chi connectivity index (χ1) is 22.5. The molecule has 0 bridgehead atoms. The number of alkyl halides is 3. The van der Waals surface area contributed by atoms with E-state index in [0.717, 1.165) is 62.9 Å². The third-order valence-electron chi connectivity index (χ3n) is 8.35. The monoisotopic (exact) mass is 682 g/mol. The molecule has 11 nitrogen and oxygen atoms in total. The Labute approximate surface area is 275 Å². The van der Waals surface area contributed by atoms with Gasteiger partial charge in [0.1, 0.15) is 24.3 Å². The number of aliphatic hydroxyl groups is 1. The first-order valence-corrected chi connectivity index (χ1v) is 16.1. The van der Waals surface area contributed by atoms with E-state index in [0.29, 0.717) is 18.3 Å². The lowest BCUT2D eigenvalue weighted by Gasteiger charge is -2.36. The molecule has 3 aromatic rings. The van der Waals surface area contributed by atoms with E-state index in [1.165, 1.54) is 22.9 Å². The molecular formula is C32H38ClF3N4O7. The molecule has 47 heavy (non-hydrogen) atoms. The fraction of sp³-hybridized carbons (Fsp3) is 0.531. The predicted octanol–water partition coefficient (Wildman–Crippen LogP) is 7.06. The number of aliphatic hydroxyl groups excluding tert-OH is 1. The zero-order valence-corrected chi connectivity index (χ0v) is 26.4. The molecule has 2 fully saturated rings. The van der Waals surface area contributed by atoms with E-state index < -0.39 is 17.4 Å². The van der Waals surface area contributed by atoms with Gasteiger partial charge in [-0.15, -0.1) is 13.2 Å². The van der Waals surface area contributed by atoms with Crippen LogP contribution in [0.25, 0.3) is 0 Å². The van der Waals surface area contributed by atoms with Gasteiger partial charge in [-0.05, 0) is 114 Å². The summed E-state index contributed by atoms with van der Waals surface area (Å²) in [7, 11) is 0. The summed E-state index contributed by atoms with van der Waals surface area (Å²) in [4.78, 5) is 16.2. The molecule has 2 aromatic carbocycles. The highest BCUT2D eigenvalue weighted by molar-refractivity contribution is 6.28. The zero-order valence-electron chi connectivity index (χ0n) is 25.7. The van der Waals surface area contributed by atoms with Gasteiger partial charge in [-0.25, -0.2) is 0 Å². The van der Waals surface area contributed by atoms with Crippen LogP contribution in [0, 0.1) is 16.0 Å². The Morgan fingerprint density at radius 2 is 1.77 bits per heavy atom. The zero-order chi connectivity index (χ0) is 33.4. The largest absolute Gasteiger partial charge is 0.573 e. The van der Waals surface area contributed by atoms with Gasteiger partial charge in [-0.3, -0.25) is 4.57 Å². The van der Waals surface area contributed by atoms with E-state index in [1.807, 2.05) is 24.3 Å². The van der Waals surface area contributed by atoms with Crippen molar-refractivity contribution in [2.45, 2.75) is 76.4 Å². The van der Waals surface area contributed by atoms with Crippen molar-refractivity contribution in [3.05, 3.63) is 75.7 Å². The second-order valence-corrected chi connectivity index (χ2v) is 12.1. The number of rotatable bonds is 14. The highest BCUT2D eigenvalue weighted by Crippen LogP contribution is 2.36. The molecule has 0 amide bonds. The molecule has 3 atom stereocenters. The Hall–Kier alpha value is -3.59. The molecule has 2 unspecified atom stereocenters. The number of piperidine rings is 1. The van der Waals surface area contributed by atoms with Crippen LogP contribution in [0.15, 0.2) is 54.7 Å². The molecule has 1 aromatic heterocycles. The second-order valence-electron chi connectivity index (χ2n) is 11.8. The maximum absolute atomic E-state index is 12.7. The number of nitrogens with zero attached hydrogens (tertiary/aromatic N) is 4. The molecule has 2 aliphatic heterocycles. The lowest BCUT2D eigenvalue weighted by molar-refractivity contribution is -0.389. The SMILES string of the molecule is O=[N+]([O-])c1cn(CC[C@@H](O)COc2ccc(N3CCC(CC(OC4CCCCO4)c4ccc(OC(F)(F)F)cc4)CC3)cc2)c(Cl)n1. The van der Waals surface area contributed by atoms with Crippen LogP contribution in [0.3, 0.4) is 0 Å². The fourth-order valence-corrected chi connectivity index (χ4v) is 6.05. The van der Waals surface area contributed by atoms with Gasteiger partial charge < -0.3 is 39.1 Å². The van der Waals surface area contributed by atoms with Crippen LogP contribution in [-0.4, -0.2) is 64.6 Å². The fourth-order valence-electron chi connectivity index (χ4n) is 5.83. The maximum atomic E-state index is 12.7. The van der Waals surface area contributed by atoms with Gasteiger partial charge in [-0.2, -0.15) is 0 Å². The lowest BCUT2D eigenvalue weighted by atomic mass is 9.88. The van der Waals surface area contributed by atoms with Gasteiger partial charge in [0.2, 0.25) is 0 Å². The molecule has 3 heterocycles. The first-order valence-electron chi connectivity index (χ1n) is 15.7. The standard InChI is InChI=1S/C32H38ClF3N4O7/c33-31-37-29(40(42)43)20-39(31)17-14-25(41)21-45-26-10-6-24(7-11-26)38-15-12-22(13-16-38)19-28(46-30-3-1-2-18-44-30)23-4-8-27(9-5-23)47-32(34,35)36/h4-11,20,22,25,28,30,41H,1-3,12-19,21H2/t25-,28?,30?/m1/s1. The van der Waals surface area contributed by atoms with E-state index >= 15 is 0 Å². The van der Waals surface area contributed by atoms with Crippen molar-refractivity contribution in [3.63, 3.8) is 0 Å². The molecule has 2 saturated heterocycles. The Morgan fingerprint density at radius 1 is 1.06 bits per heavy atom. The normalized spacial score (nSPS) is 18.9. The average Bonchev–Trinajstić information content (AvgIpc) is 3.44. The second kappa shape index (κ2) is 16.0. The van der Waals surface area contributed by atoms with Crippen LogP contribution in [-0.2, 0) is 16.0 Å². The molecule has 2 aliphatic rings. The molecular weight excluding hydrogens is 645 g/mol. The van der Waals surface area contributed by atoms with Crippen molar-refractivity contribution in [1.29, 1.82) is 0 Å². The summed E-state index contributed by atoms with van der Waals surface area (Å²) in [5.41, 5.74) is 1.85. The number of ether oxygens (including phenoxy) is 4. The van der Waals surface area contributed by atoms with Crippen molar-refractivity contribution in [2.24, 2.45) is 5.92 Å². The van der Waals surface area contributed by atoms with Crippen LogP contribution in [0.1, 0.15) is 56.6 Å². The minimum absolute atomic E-state index is 0.0141. The van der Waals surface area contributed by atoms with E-state index in [9.17, 15) is 28.4 Å². The molecule has 1 N–H and O–H groups in total. The topological polar surface area (TPSA) is 121 Å². The summed E-state index contributed by atoms with van der Waals surface area (Å²) in [5.74, 6) is 0.356. The van der Waals surface area contributed by atoms with Crippen LogP contribution in [0.5, 0.6) is 11.5 Å². The summed E-state index contributed by atoms with van der Waals surface area (Å²) < 4.78 is 61.4. The minimum Gasteiger partial charge on any atom is -0.491 e. The quantitative estimate of drug-likeness (QED) is 0.141. The summed E-state index contributed by atoms with van der Waals surface area (Å²) >= 11 is 5.92. The Balaban J connectivity index is 1.09. The van der Waals surface area contributed by atoms with Crippen LogP contribution in [0.2, 0.25) is 5.28 Å². The molecule has 256 valence electrons. The number of aryl methyl sites for hydroxylation is 1. The van der Waals surface area contributed by atoms with E-state index in [-0.39, 0.29) is 48.8 Å². The summed E-state index contributed by atoms with van der Waals surface area (Å²) in [6, 6.07) is 13.6. The van der Waals surface area contributed by atoms with Gasteiger partial charge >= 0.3 is 17.5 Å². The van der Waals surface area contributed by atoms with E-state index in [1.54, 1.807) is 12.1 Å². The lowest BCUT2D eigenvalue weighted by Crippen LogP contribution is -2.34. The Bertz CT molecular complexity index is 1430. The number of hydrogen-bond acceptors (Lipinski definition) is 9. The highest BCUT2D eigenvalue weighted by atomic mass is 35.5.